The topological polar surface area (TPSA) is 28.2 Å². The third-order valence-electron chi connectivity index (χ3n) is 3.00. The summed E-state index contributed by atoms with van der Waals surface area (Å²) in [6, 6.07) is 14.6. The Bertz CT molecular complexity index is 496. The molecule has 0 spiro atoms. The van der Waals surface area contributed by atoms with Gasteiger partial charge in [0.25, 0.3) is 0 Å². The van der Waals surface area contributed by atoms with E-state index in [-0.39, 0.29) is 0 Å². The third-order valence-corrected chi connectivity index (χ3v) is 3.00. The molecule has 0 bridgehead atoms. The first kappa shape index (κ1) is 10.1. The lowest BCUT2D eigenvalue weighted by Crippen LogP contribution is -2.34. The molecule has 0 saturated heterocycles. The van der Waals surface area contributed by atoms with Crippen LogP contribution >= 0.6 is 0 Å². The zero-order valence-corrected chi connectivity index (χ0v) is 9.63. The highest BCUT2D eigenvalue weighted by Crippen LogP contribution is 2.26. The number of fused-ring (bicyclic) bond motifs is 1. The van der Waals surface area contributed by atoms with Crippen LogP contribution in [-0.4, -0.2) is 18.1 Å². The minimum absolute atomic E-state index is 0.923. The number of hydrogen-bond acceptors (Lipinski definition) is 3. The lowest BCUT2D eigenvalue weighted by molar-refractivity contribution is 0.770. The number of aromatic nitrogens is 1. The van der Waals surface area contributed by atoms with Gasteiger partial charge in [-0.1, -0.05) is 30.3 Å². The molecule has 2 heterocycles. The Labute approximate surface area is 101 Å². The minimum Gasteiger partial charge on any atom is -0.380 e. The highest BCUT2D eigenvalue weighted by molar-refractivity contribution is 5.67. The van der Waals surface area contributed by atoms with Gasteiger partial charge in [-0.3, -0.25) is 0 Å². The Morgan fingerprint density at radius 3 is 2.88 bits per heavy atom. The molecule has 0 saturated carbocycles. The maximum absolute atomic E-state index is 4.46. The van der Waals surface area contributed by atoms with Gasteiger partial charge < -0.3 is 10.2 Å². The van der Waals surface area contributed by atoms with Crippen molar-refractivity contribution in [1.29, 1.82) is 0 Å². The lowest BCUT2D eigenvalue weighted by Gasteiger charge is -2.30. The molecule has 17 heavy (non-hydrogen) atoms. The maximum Gasteiger partial charge on any atom is 0.152 e. The van der Waals surface area contributed by atoms with E-state index in [9.17, 15) is 0 Å². The van der Waals surface area contributed by atoms with Gasteiger partial charge in [0.15, 0.2) is 5.82 Å². The van der Waals surface area contributed by atoms with E-state index >= 15 is 0 Å². The van der Waals surface area contributed by atoms with Crippen LogP contribution in [0.3, 0.4) is 0 Å². The molecule has 1 aliphatic rings. The van der Waals surface area contributed by atoms with Gasteiger partial charge in [-0.2, -0.15) is 0 Å². The van der Waals surface area contributed by atoms with Crippen LogP contribution in [0.25, 0.3) is 0 Å². The molecular weight excluding hydrogens is 210 g/mol. The molecule has 86 valence electrons. The van der Waals surface area contributed by atoms with Crippen molar-refractivity contribution in [3.8, 4) is 0 Å². The van der Waals surface area contributed by atoms with Crippen LogP contribution in [0.5, 0.6) is 0 Å². The van der Waals surface area contributed by atoms with E-state index in [2.05, 4.69) is 45.5 Å². The van der Waals surface area contributed by atoms with Gasteiger partial charge in [0, 0.05) is 25.8 Å². The fourth-order valence-corrected chi connectivity index (χ4v) is 2.18. The first-order valence-corrected chi connectivity index (χ1v) is 5.91. The van der Waals surface area contributed by atoms with Crippen molar-refractivity contribution in [3.63, 3.8) is 0 Å². The highest BCUT2D eigenvalue weighted by Gasteiger charge is 2.16. The summed E-state index contributed by atoms with van der Waals surface area (Å²) >= 11 is 0. The number of anilines is 2. The Hall–Kier alpha value is -2.03. The summed E-state index contributed by atoms with van der Waals surface area (Å²) in [5.41, 5.74) is 2.46. The second-order valence-electron chi connectivity index (χ2n) is 4.21. The van der Waals surface area contributed by atoms with E-state index in [1.54, 1.807) is 0 Å². The molecule has 3 heteroatoms. The van der Waals surface area contributed by atoms with Crippen LogP contribution in [0, 0.1) is 0 Å². The van der Waals surface area contributed by atoms with Crippen molar-refractivity contribution in [1.82, 2.24) is 4.98 Å². The number of benzene rings is 1. The van der Waals surface area contributed by atoms with Gasteiger partial charge in [-0.25, -0.2) is 4.98 Å². The van der Waals surface area contributed by atoms with E-state index in [1.165, 1.54) is 5.56 Å². The van der Waals surface area contributed by atoms with Gasteiger partial charge in [0.2, 0.25) is 0 Å². The second-order valence-corrected chi connectivity index (χ2v) is 4.21. The van der Waals surface area contributed by atoms with Gasteiger partial charge in [0.05, 0.1) is 5.69 Å². The second kappa shape index (κ2) is 4.45. The van der Waals surface area contributed by atoms with Crippen molar-refractivity contribution in [2.75, 3.05) is 23.3 Å². The number of pyridine rings is 1. The van der Waals surface area contributed by atoms with Crippen molar-refractivity contribution in [2.45, 2.75) is 6.54 Å². The zero-order chi connectivity index (χ0) is 11.5. The van der Waals surface area contributed by atoms with E-state index < -0.39 is 0 Å². The molecule has 0 fully saturated rings. The molecule has 0 aliphatic carbocycles. The van der Waals surface area contributed by atoms with Crippen molar-refractivity contribution in [3.05, 3.63) is 54.2 Å². The van der Waals surface area contributed by atoms with Crippen molar-refractivity contribution < 1.29 is 0 Å². The van der Waals surface area contributed by atoms with Crippen LogP contribution in [0.4, 0.5) is 11.5 Å². The summed E-state index contributed by atoms with van der Waals surface area (Å²) in [5, 5.41) is 3.37. The Balaban J connectivity index is 1.86. The average Bonchev–Trinajstić information content (AvgIpc) is 2.40. The Morgan fingerprint density at radius 2 is 2.00 bits per heavy atom. The molecule has 2 aromatic rings. The number of hydrogen-bond donors (Lipinski definition) is 1. The first-order chi connectivity index (χ1) is 8.43. The predicted molar refractivity (Wildman–Crippen MR) is 70.2 cm³/mol. The van der Waals surface area contributed by atoms with Gasteiger partial charge in [-0.15, -0.1) is 0 Å². The molecule has 1 aliphatic heterocycles. The van der Waals surface area contributed by atoms with Crippen LogP contribution in [0.15, 0.2) is 48.7 Å². The maximum atomic E-state index is 4.46. The molecule has 0 unspecified atom stereocenters. The van der Waals surface area contributed by atoms with Crippen molar-refractivity contribution >= 4 is 11.5 Å². The predicted octanol–water partition coefficient (Wildman–Crippen LogP) is 2.51. The van der Waals surface area contributed by atoms with Crippen LogP contribution in [-0.2, 0) is 6.54 Å². The molecular formula is C14H15N3. The molecule has 1 aromatic carbocycles. The number of nitrogens with zero attached hydrogens (tertiary/aromatic N) is 2. The SMILES string of the molecule is c1ccc(CN2CCNc3cccnc32)cc1. The van der Waals surface area contributed by atoms with Crippen LogP contribution in [0.2, 0.25) is 0 Å². The largest absolute Gasteiger partial charge is 0.380 e. The molecule has 3 rings (SSSR count). The zero-order valence-electron chi connectivity index (χ0n) is 9.63. The van der Waals surface area contributed by atoms with E-state index in [0.717, 1.165) is 31.1 Å². The highest BCUT2D eigenvalue weighted by atomic mass is 15.2. The summed E-state index contributed by atoms with van der Waals surface area (Å²) in [5.74, 6) is 1.06. The summed E-state index contributed by atoms with van der Waals surface area (Å²) in [7, 11) is 0. The summed E-state index contributed by atoms with van der Waals surface area (Å²) in [6.45, 7) is 2.90. The first-order valence-electron chi connectivity index (χ1n) is 5.91. The minimum atomic E-state index is 0.923. The molecule has 0 atom stereocenters. The summed E-state index contributed by atoms with van der Waals surface area (Å²) in [4.78, 5) is 6.78. The Morgan fingerprint density at radius 1 is 1.12 bits per heavy atom. The third kappa shape index (κ3) is 2.09. The van der Waals surface area contributed by atoms with Gasteiger partial charge in [-0.05, 0) is 17.7 Å². The summed E-state index contributed by atoms with van der Waals surface area (Å²) < 4.78 is 0. The Kier molecular flexibility index (Phi) is 2.66. The molecule has 0 amide bonds. The monoisotopic (exact) mass is 225 g/mol. The van der Waals surface area contributed by atoms with Crippen molar-refractivity contribution in [2.24, 2.45) is 0 Å². The fourth-order valence-electron chi connectivity index (χ4n) is 2.18. The van der Waals surface area contributed by atoms with Gasteiger partial charge >= 0.3 is 0 Å². The molecule has 3 nitrogen and oxygen atoms in total. The number of nitrogens with one attached hydrogen (secondary N) is 1. The average molecular weight is 225 g/mol. The molecule has 0 radical (unpaired) electrons. The quantitative estimate of drug-likeness (QED) is 0.851. The van der Waals surface area contributed by atoms with E-state index in [1.807, 2.05) is 18.3 Å². The van der Waals surface area contributed by atoms with Crippen LogP contribution < -0.4 is 10.2 Å². The van der Waals surface area contributed by atoms with Crippen LogP contribution in [0.1, 0.15) is 5.56 Å². The summed E-state index contributed by atoms with van der Waals surface area (Å²) in [6.07, 6.45) is 1.85. The number of rotatable bonds is 2. The van der Waals surface area contributed by atoms with E-state index in [4.69, 9.17) is 0 Å². The van der Waals surface area contributed by atoms with E-state index in [0.29, 0.717) is 0 Å². The standard InChI is InChI=1S/C14H15N3/c1-2-5-12(6-3-1)11-17-10-9-15-13-7-4-8-16-14(13)17/h1-8,15H,9-11H2. The molecule has 1 aromatic heterocycles. The fraction of sp³-hybridized carbons (Fsp3) is 0.214. The normalized spacial score (nSPS) is 14.0. The molecule has 1 N–H and O–H groups in total. The lowest BCUT2D eigenvalue weighted by atomic mass is 10.2. The smallest absolute Gasteiger partial charge is 0.152 e. The van der Waals surface area contributed by atoms with Gasteiger partial charge in [0.1, 0.15) is 0 Å².